The second-order valence-corrected chi connectivity index (χ2v) is 18.0. The third-order valence-electron chi connectivity index (χ3n) is 12.0. The Balaban J connectivity index is 1.83. The van der Waals surface area contributed by atoms with Gasteiger partial charge in [0, 0.05) is 12.8 Å². The zero-order chi connectivity index (χ0) is 49.6. The van der Waals surface area contributed by atoms with Crippen LogP contribution in [-0.2, 0) is 38.0 Å². The van der Waals surface area contributed by atoms with Crippen LogP contribution in [0.1, 0.15) is 168 Å². The monoisotopic (exact) mass is 967 g/mol. The van der Waals surface area contributed by atoms with Crippen molar-refractivity contribution >= 4 is 11.9 Å². The molecule has 11 atom stereocenters. The molecule has 68 heavy (non-hydrogen) atoms. The lowest BCUT2D eigenvalue weighted by Crippen LogP contribution is -2.61. The Morgan fingerprint density at radius 3 is 1.46 bits per heavy atom. The van der Waals surface area contributed by atoms with Crippen molar-refractivity contribution in [2.24, 2.45) is 0 Å². The summed E-state index contributed by atoms with van der Waals surface area (Å²) in [7, 11) is 0. The molecule has 2 saturated heterocycles. The van der Waals surface area contributed by atoms with Crippen LogP contribution in [0.5, 0.6) is 0 Å². The van der Waals surface area contributed by atoms with Gasteiger partial charge < -0.3 is 64.2 Å². The van der Waals surface area contributed by atoms with Crippen LogP contribution in [-0.4, -0.2) is 142 Å². The molecule has 11 unspecified atom stereocenters. The van der Waals surface area contributed by atoms with Crippen LogP contribution in [0, 0.1) is 0 Å². The summed E-state index contributed by atoms with van der Waals surface area (Å²) in [5, 5.41) is 72.1. The maximum Gasteiger partial charge on any atom is 0.306 e. The zero-order valence-electron chi connectivity index (χ0n) is 41.3. The van der Waals surface area contributed by atoms with Crippen molar-refractivity contribution in [2.45, 2.75) is 235 Å². The third kappa shape index (κ3) is 27.6. The Kier molecular flexibility index (Phi) is 36.0. The summed E-state index contributed by atoms with van der Waals surface area (Å²) < 4.78 is 33.5. The molecule has 2 aliphatic rings. The van der Waals surface area contributed by atoms with Crippen molar-refractivity contribution in [3.8, 4) is 0 Å². The Hall–Kier alpha value is -2.80. The van der Waals surface area contributed by atoms with Crippen LogP contribution in [0.3, 0.4) is 0 Å². The highest BCUT2D eigenvalue weighted by atomic mass is 16.7. The van der Waals surface area contributed by atoms with E-state index in [4.69, 9.17) is 28.4 Å². The number of unbranched alkanes of at least 4 members (excludes halogenated alkanes) is 15. The first-order chi connectivity index (χ1) is 33.0. The quantitative estimate of drug-likeness (QED) is 0.0183. The van der Waals surface area contributed by atoms with Crippen molar-refractivity contribution < 1.29 is 73.8 Å². The topological polar surface area (TPSA) is 231 Å². The molecule has 2 heterocycles. The fraction of sp³-hybridized carbons (Fsp3) is 0.774. The van der Waals surface area contributed by atoms with E-state index >= 15 is 0 Å². The van der Waals surface area contributed by atoms with Gasteiger partial charge in [0.2, 0.25) is 0 Å². The van der Waals surface area contributed by atoms with Gasteiger partial charge in [0.25, 0.3) is 0 Å². The molecule has 15 heteroatoms. The van der Waals surface area contributed by atoms with E-state index < -0.39 is 99.3 Å². The number of hydrogen-bond donors (Lipinski definition) is 7. The standard InChI is InChI=1S/C53H90O15/c1-3-5-7-9-11-13-15-17-18-19-20-21-22-24-26-28-30-32-34-36-45(56)66-41(38-63-44(55)35-33-31-29-27-25-23-16-14-12-10-8-6-4-2)39-64-52-51(62)49(60)47(58)43(68-52)40-65-53-50(61)48(59)46(57)42(37-54)67-53/h5,7,11,13,17-18,20-21,24,26,41-43,46-54,57-62H,3-4,6,8-10,12,14-16,19,22-23,25,27-40H2,1-2H3/b7-5-,13-11-,18-17-,21-20-,26-24-. The second kappa shape index (κ2) is 39.9. The molecule has 0 radical (unpaired) electrons. The fourth-order valence-electron chi connectivity index (χ4n) is 7.77. The van der Waals surface area contributed by atoms with Gasteiger partial charge in [-0.2, -0.15) is 0 Å². The Bertz CT molecular complexity index is 1420. The average molecular weight is 967 g/mol. The van der Waals surface area contributed by atoms with Crippen molar-refractivity contribution in [3.05, 3.63) is 60.8 Å². The highest BCUT2D eigenvalue weighted by molar-refractivity contribution is 5.70. The number of carbonyl (C=O) groups is 2. The van der Waals surface area contributed by atoms with E-state index in [9.17, 15) is 45.3 Å². The van der Waals surface area contributed by atoms with E-state index in [0.29, 0.717) is 12.8 Å². The summed E-state index contributed by atoms with van der Waals surface area (Å²) in [6.07, 6.45) is 28.2. The molecule has 0 aromatic carbocycles. The maximum atomic E-state index is 13.0. The summed E-state index contributed by atoms with van der Waals surface area (Å²) in [5.41, 5.74) is 0. The van der Waals surface area contributed by atoms with Gasteiger partial charge in [0.05, 0.1) is 19.8 Å². The molecule has 2 rings (SSSR count). The predicted molar refractivity (Wildman–Crippen MR) is 261 cm³/mol. The van der Waals surface area contributed by atoms with E-state index in [-0.39, 0.29) is 19.4 Å². The van der Waals surface area contributed by atoms with E-state index in [1.807, 2.05) is 0 Å². The molecule has 2 aliphatic heterocycles. The van der Waals surface area contributed by atoms with Gasteiger partial charge >= 0.3 is 11.9 Å². The molecule has 392 valence electrons. The fourth-order valence-corrected chi connectivity index (χ4v) is 7.77. The lowest BCUT2D eigenvalue weighted by atomic mass is 9.98. The molecule has 7 N–H and O–H groups in total. The van der Waals surface area contributed by atoms with Crippen LogP contribution in [0.25, 0.3) is 0 Å². The van der Waals surface area contributed by atoms with Gasteiger partial charge in [-0.25, -0.2) is 0 Å². The van der Waals surface area contributed by atoms with Crippen molar-refractivity contribution in [2.75, 3.05) is 26.4 Å². The molecule has 0 aromatic heterocycles. The largest absolute Gasteiger partial charge is 0.462 e. The van der Waals surface area contributed by atoms with Gasteiger partial charge in [-0.3, -0.25) is 9.59 Å². The molecule has 0 spiro atoms. The Morgan fingerprint density at radius 2 is 0.926 bits per heavy atom. The number of aliphatic hydroxyl groups excluding tert-OH is 7. The second-order valence-electron chi connectivity index (χ2n) is 18.0. The van der Waals surface area contributed by atoms with Crippen LogP contribution in [0.2, 0.25) is 0 Å². The van der Waals surface area contributed by atoms with E-state index in [1.54, 1.807) is 0 Å². The van der Waals surface area contributed by atoms with Gasteiger partial charge in [-0.1, -0.05) is 158 Å². The van der Waals surface area contributed by atoms with Crippen LogP contribution in [0.4, 0.5) is 0 Å². The minimum Gasteiger partial charge on any atom is -0.462 e. The minimum absolute atomic E-state index is 0.125. The number of carbonyl (C=O) groups excluding carboxylic acids is 2. The molecule has 0 aromatic rings. The Morgan fingerprint density at radius 1 is 0.485 bits per heavy atom. The highest BCUT2D eigenvalue weighted by Gasteiger charge is 2.47. The number of esters is 2. The number of aliphatic hydroxyl groups is 7. The number of ether oxygens (including phenoxy) is 6. The van der Waals surface area contributed by atoms with Crippen LogP contribution < -0.4 is 0 Å². The lowest BCUT2D eigenvalue weighted by Gasteiger charge is -2.42. The molecule has 0 bridgehead atoms. The number of hydrogen-bond acceptors (Lipinski definition) is 15. The first kappa shape index (κ1) is 61.3. The highest BCUT2D eigenvalue weighted by Crippen LogP contribution is 2.26. The van der Waals surface area contributed by atoms with Gasteiger partial charge in [0.1, 0.15) is 55.4 Å². The van der Waals surface area contributed by atoms with E-state index in [2.05, 4.69) is 74.6 Å². The SMILES string of the molecule is CC/C=C\C/C=C\C/C=C\C/C=C\C/C=C\CCCCCC(=O)OC(COC(=O)CCCCCCCCCCCCCCC)COC1OC(COC2OC(CO)C(O)C(O)C2O)C(O)C(O)C1O. The summed E-state index contributed by atoms with van der Waals surface area (Å²) in [6.45, 7) is 2.43. The molecular weight excluding hydrogens is 877 g/mol. The number of allylic oxidation sites excluding steroid dienone is 10. The smallest absolute Gasteiger partial charge is 0.306 e. The van der Waals surface area contributed by atoms with Gasteiger partial charge in [-0.15, -0.1) is 0 Å². The van der Waals surface area contributed by atoms with E-state index in [0.717, 1.165) is 70.6 Å². The molecule has 2 fully saturated rings. The van der Waals surface area contributed by atoms with E-state index in [1.165, 1.54) is 57.8 Å². The minimum atomic E-state index is -1.77. The van der Waals surface area contributed by atoms with Gasteiger partial charge in [-0.05, 0) is 57.8 Å². The lowest BCUT2D eigenvalue weighted by molar-refractivity contribution is -0.332. The molecule has 0 amide bonds. The normalized spacial score (nSPS) is 26.2. The summed E-state index contributed by atoms with van der Waals surface area (Å²) in [5.74, 6) is -0.963. The van der Waals surface area contributed by atoms with Gasteiger partial charge in [0.15, 0.2) is 18.7 Å². The first-order valence-corrected chi connectivity index (χ1v) is 25.9. The third-order valence-corrected chi connectivity index (χ3v) is 12.0. The number of rotatable bonds is 39. The molecule has 0 saturated carbocycles. The van der Waals surface area contributed by atoms with Crippen molar-refractivity contribution in [1.29, 1.82) is 0 Å². The zero-order valence-corrected chi connectivity index (χ0v) is 41.3. The molecule has 15 nitrogen and oxygen atoms in total. The average Bonchev–Trinajstić information content (AvgIpc) is 3.33. The molecular formula is C53H90O15. The summed E-state index contributed by atoms with van der Waals surface area (Å²) in [6, 6.07) is 0. The summed E-state index contributed by atoms with van der Waals surface area (Å²) in [4.78, 5) is 25.7. The van der Waals surface area contributed by atoms with Crippen molar-refractivity contribution in [1.82, 2.24) is 0 Å². The first-order valence-electron chi connectivity index (χ1n) is 25.9. The summed E-state index contributed by atoms with van der Waals surface area (Å²) >= 11 is 0. The molecule has 0 aliphatic carbocycles. The van der Waals surface area contributed by atoms with Crippen LogP contribution in [0.15, 0.2) is 60.8 Å². The van der Waals surface area contributed by atoms with Crippen LogP contribution >= 0.6 is 0 Å². The van der Waals surface area contributed by atoms with Crippen molar-refractivity contribution in [3.63, 3.8) is 0 Å². The Labute approximate surface area is 407 Å². The maximum absolute atomic E-state index is 13.0. The predicted octanol–water partition coefficient (Wildman–Crippen LogP) is 7.27.